The van der Waals surface area contributed by atoms with E-state index < -0.39 is 0 Å². The van der Waals surface area contributed by atoms with Gasteiger partial charge in [0.05, 0.1) is 0 Å². The Kier molecular flexibility index (Phi) is 7.01. The smallest absolute Gasteiger partial charge is 0.219 e. The zero-order chi connectivity index (χ0) is 15.1. The van der Waals surface area contributed by atoms with E-state index in [1.807, 2.05) is 4.90 Å². The molecule has 2 rings (SSSR count). The van der Waals surface area contributed by atoms with Crippen molar-refractivity contribution in [2.24, 2.45) is 17.8 Å². The summed E-state index contributed by atoms with van der Waals surface area (Å²) in [5.41, 5.74) is 0. The molecule has 1 saturated carbocycles. The van der Waals surface area contributed by atoms with Crippen molar-refractivity contribution in [2.45, 2.75) is 65.2 Å². The number of rotatable bonds is 6. The number of carbonyl (C=O) groups is 1. The molecular formula is C18H33NO2. The van der Waals surface area contributed by atoms with E-state index in [4.69, 9.17) is 4.74 Å². The maximum absolute atomic E-state index is 11.3. The number of nitrogens with zero attached hydrogens (tertiary/aromatic N) is 1. The van der Waals surface area contributed by atoms with Gasteiger partial charge in [0.2, 0.25) is 5.91 Å². The summed E-state index contributed by atoms with van der Waals surface area (Å²) < 4.78 is 5.86. The summed E-state index contributed by atoms with van der Waals surface area (Å²) in [6.07, 6.45) is 10.4. The van der Waals surface area contributed by atoms with E-state index in [-0.39, 0.29) is 5.91 Å². The van der Waals surface area contributed by atoms with Crippen molar-refractivity contribution in [1.82, 2.24) is 4.90 Å². The summed E-state index contributed by atoms with van der Waals surface area (Å²) in [7, 11) is 0. The Balaban J connectivity index is 1.46. The lowest BCUT2D eigenvalue weighted by Gasteiger charge is -2.31. The second kappa shape index (κ2) is 8.77. The lowest BCUT2D eigenvalue weighted by Crippen LogP contribution is -2.37. The molecule has 2 aliphatic rings. The van der Waals surface area contributed by atoms with E-state index in [9.17, 15) is 4.79 Å². The van der Waals surface area contributed by atoms with Crippen LogP contribution in [-0.2, 0) is 9.53 Å². The highest BCUT2D eigenvalue weighted by Gasteiger charge is 2.20. The van der Waals surface area contributed by atoms with Gasteiger partial charge in [0.15, 0.2) is 0 Å². The SMILES string of the molecule is CC(=O)N1CCC(CCOCCC2CCC(C)CC2)CC1. The first-order valence-corrected chi connectivity index (χ1v) is 8.98. The number of carbonyl (C=O) groups excluding carboxylic acids is 1. The molecule has 1 aliphatic heterocycles. The van der Waals surface area contributed by atoms with Crippen LogP contribution in [0.3, 0.4) is 0 Å². The summed E-state index contributed by atoms with van der Waals surface area (Å²) in [4.78, 5) is 13.3. The summed E-state index contributed by atoms with van der Waals surface area (Å²) in [5.74, 6) is 2.85. The first-order valence-electron chi connectivity index (χ1n) is 8.98. The molecule has 2 fully saturated rings. The molecule has 0 unspecified atom stereocenters. The van der Waals surface area contributed by atoms with Crippen LogP contribution in [0.25, 0.3) is 0 Å². The van der Waals surface area contributed by atoms with Gasteiger partial charge in [-0.15, -0.1) is 0 Å². The molecule has 122 valence electrons. The van der Waals surface area contributed by atoms with Gasteiger partial charge in [-0.05, 0) is 43.4 Å². The van der Waals surface area contributed by atoms with Gasteiger partial charge in [-0.25, -0.2) is 0 Å². The Morgan fingerprint density at radius 3 is 2.00 bits per heavy atom. The first-order chi connectivity index (χ1) is 10.1. The molecule has 0 aromatic rings. The van der Waals surface area contributed by atoms with Gasteiger partial charge in [-0.1, -0.05) is 32.6 Å². The molecule has 0 aromatic heterocycles. The Bertz CT molecular complexity index is 302. The third-order valence-corrected chi connectivity index (χ3v) is 5.54. The highest BCUT2D eigenvalue weighted by molar-refractivity contribution is 5.73. The molecule has 0 N–H and O–H groups in total. The van der Waals surface area contributed by atoms with E-state index in [2.05, 4.69) is 6.92 Å². The molecule has 0 atom stereocenters. The molecular weight excluding hydrogens is 262 g/mol. The standard InChI is InChI=1S/C18H33NO2/c1-15-3-5-17(6-4-15)9-13-21-14-10-18-7-11-19(12-8-18)16(2)20/h15,17-18H,3-14H2,1-2H3. The van der Waals surface area contributed by atoms with Crippen LogP contribution in [-0.4, -0.2) is 37.1 Å². The molecule has 1 aliphatic carbocycles. The van der Waals surface area contributed by atoms with Gasteiger partial charge >= 0.3 is 0 Å². The van der Waals surface area contributed by atoms with Crippen molar-refractivity contribution in [3.63, 3.8) is 0 Å². The number of likely N-dealkylation sites (tertiary alicyclic amines) is 1. The van der Waals surface area contributed by atoms with Crippen LogP contribution < -0.4 is 0 Å². The molecule has 1 saturated heterocycles. The number of hydrogen-bond acceptors (Lipinski definition) is 2. The van der Waals surface area contributed by atoms with E-state index >= 15 is 0 Å². The van der Waals surface area contributed by atoms with Crippen LogP contribution in [0.4, 0.5) is 0 Å². The van der Waals surface area contributed by atoms with Crippen LogP contribution >= 0.6 is 0 Å². The molecule has 3 heteroatoms. The lowest BCUT2D eigenvalue weighted by atomic mass is 9.82. The molecule has 0 bridgehead atoms. The highest BCUT2D eigenvalue weighted by atomic mass is 16.5. The van der Waals surface area contributed by atoms with Crippen molar-refractivity contribution in [3.05, 3.63) is 0 Å². The van der Waals surface area contributed by atoms with Crippen molar-refractivity contribution >= 4 is 5.91 Å². The number of amides is 1. The summed E-state index contributed by atoms with van der Waals surface area (Å²) in [6.45, 7) is 7.80. The second-order valence-electron chi connectivity index (χ2n) is 7.27. The van der Waals surface area contributed by atoms with Gasteiger partial charge in [-0.2, -0.15) is 0 Å². The number of ether oxygens (including phenoxy) is 1. The maximum Gasteiger partial charge on any atom is 0.219 e. The van der Waals surface area contributed by atoms with Gasteiger partial charge in [-0.3, -0.25) is 4.79 Å². The Morgan fingerprint density at radius 1 is 0.952 bits per heavy atom. The minimum Gasteiger partial charge on any atom is -0.381 e. The van der Waals surface area contributed by atoms with E-state index in [0.717, 1.165) is 56.9 Å². The lowest BCUT2D eigenvalue weighted by molar-refractivity contribution is -0.130. The quantitative estimate of drug-likeness (QED) is 0.696. The second-order valence-corrected chi connectivity index (χ2v) is 7.27. The topological polar surface area (TPSA) is 29.5 Å². The highest BCUT2D eigenvalue weighted by Crippen LogP contribution is 2.30. The molecule has 1 heterocycles. The number of piperidine rings is 1. The summed E-state index contributed by atoms with van der Waals surface area (Å²) in [6, 6.07) is 0. The normalized spacial score (nSPS) is 27.8. The predicted molar refractivity (Wildman–Crippen MR) is 86.2 cm³/mol. The predicted octanol–water partition coefficient (Wildman–Crippen LogP) is 3.87. The minimum absolute atomic E-state index is 0.228. The van der Waals surface area contributed by atoms with E-state index in [1.165, 1.54) is 38.5 Å². The Morgan fingerprint density at radius 2 is 1.48 bits per heavy atom. The molecule has 1 amide bonds. The molecule has 0 aromatic carbocycles. The van der Waals surface area contributed by atoms with Crippen LogP contribution in [0, 0.1) is 17.8 Å². The van der Waals surface area contributed by atoms with Crippen LogP contribution in [0.15, 0.2) is 0 Å². The Hall–Kier alpha value is -0.570. The summed E-state index contributed by atoms with van der Waals surface area (Å²) >= 11 is 0. The van der Waals surface area contributed by atoms with Crippen molar-refractivity contribution in [2.75, 3.05) is 26.3 Å². The van der Waals surface area contributed by atoms with Crippen molar-refractivity contribution in [3.8, 4) is 0 Å². The fraction of sp³-hybridized carbons (Fsp3) is 0.944. The zero-order valence-electron chi connectivity index (χ0n) is 14.0. The van der Waals surface area contributed by atoms with Crippen molar-refractivity contribution < 1.29 is 9.53 Å². The maximum atomic E-state index is 11.3. The fourth-order valence-corrected chi connectivity index (χ4v) is 3.76. The van der Waals surface area contributed by atoms with Crippen LogP contribution in [0.1, 0.15) is 65.2 Å². The van der Waals surface area contributed by atoms with Crippen molar-refractivity contribution in [1.29, 1.82) is 0 Å². The van der Waals surface area contributed by atoms with Crippen LogP contribution in [0.5, 0.6) is 0 Å². The van der Waals surface area contributed by atoms with Gasteiger partial charge in [0.1, 0.15) is 0 Å². The first kappa shape index (κ1) is 16.8. The average molecular weight is 295 g/mol. The summed E-state index contributed by atoms with van der Waals surface area (Å²) in [5, 5.41) is 0. The largest absolute Gasteiger partial charge is 0.381 e. The molecule has 3 nitrogen and oxygen atoms in total. The van der Waals surface area contributed by atoms with Crippen LogP contribution in [0.2, 0.25) is 0 Å². The van der Waals surface area contributed by atoms with Gasteiger partial charge in [0, 0.05) is 33.2 Å². The zero-order valence-corrected chi connectivity index (χ0v) is 14.0. The monoisotopic (exact) mass is 295 g/mol. The fourth-order valence-electron chi connectivity index (χ4n) is 3.76. The molecule has 21 heavy (non-hydrogen) atoms. The average Bonchev–Trinajstić information content (AvgIpc) is 2.49. The van der Waals surface area contributed by atoms with Gasteiger partial charge < -0.3 is 9.64 Å². The van der Waals surface area contributed by atoms with Gasteiger partial charge in [0.25, 0.3) is 0 Å². The van der Waals surface area contributed by atoms with E-state index in [1.54, 1.807) is 6.92 Å². The third-order valence-electron chi connectivity index (χ3n) is 5.54. The Labute approximate surface area is 130 Å². The minimum atomic E-state index is 0.228. The molecule has 0 spiro atoms. The van der Waals surface area contributed by atoms with E-state index in [0.29, 0.717) is 0 Å². The molecule has 0 radical (unpaired) electrons. The third kappa shape index (κ3) is 5.98. The number of hydrogen-bond donors (Lipinski definition) is 0.